The molecule has 19 heavy (non-hydrogen) atoms. The van der Waals surface area contributed by atoms with Crippen LogP contribution < -0.4 is 11.1 Å². The molecule has 1 aromatic carbocycles. The highest BCUT2D eigenvalue weighted by Gasteiger charge is 2.16. The third kappa shape index (κ3) is 4.23. The van der Waals surface area contributed by atoms with Gasteiger partial charge in [-0.1, -0.05) is 0 Å². The smallest absolute Gasteiger partial charge is 0.335 e. The molecule has 0 aliphatic rings. The number of rotatable bonds is 6. The van der Waals surface area contributed by atoms with Gasteiger partial charge in [-0.15, -0.1) is 0 Å². The Hall–Kier alpha value is -2.12. The number of nitrogens with two attached hydrogens (primary N) is 1. The molecule has 0 aliphatic heterocycles. The molecule has 0 saturated carbocycles. The first-order valence-electron chi connectivity index (χ1n) is 5.57. The number of carbonyl (C=O) groups excluding carboxylic acids is 1. The quantitative estimate of drug-likeness (QED) is 0.554. The van der Waals surface area contributed by atoms with Crippen molar-refractivity contribution in [1.29, 1.82) is 0 Å². The Labute approximate surface area is 110 Å². The van der Waals surface area contributed by atoms with Crippen molar-refractivity contribution in [2.75, 3.05) is 19.0 Å². The SMILES string of the molecule is COCCC(N)C(=O)Nc1cc(C(=O)O)ccc1O. The van der Waals surface area contributed by atoms with Crippen LogP contribution in [0.4, 0.5) is 5.69 Å². The van der Waals surface area contributed by atoms with E-state index in [4.69, 9.17) is 15.6 Å². The van der Waals surface area contributed by atoms with Gasteiger partial charge < -0.3 is 26.0 Å². The van der Waals surface area contributed by atoms with E-state index in [1.807, 2.05) is 0 Å². The van der Waals surface area contributed by atoms with Gasteiger partial charge in [-0.2, -0.15) is 0 Å². The van der Waals surface area contributed by atoms with Crippen LogP contribution in [0, 0.1) is 0 Å². The fraction of sp³-hybridized carbons (Fsp3) is 0.333. The number of aromatic carboxylic acids is 1. The molecule has 1 unspecified atom stereocenters. The van der Waals surface area contributed by atoms with Gasteiger partial charge in [0.2, 0.25) is 5.91 Å². The number of methoxy groups -OCH3 is 1. The summed E-state index contributed by atoms with van der Waals surface area (Å²) in [6.45, 7) is 0.329. The first kappa shape index (κ1) is 14.9. The third-order valence-corrected chi connectivity index (χ3v) is 2.47. The van der Waals surface area contributed by atoms with E-state index < -0.39 is 17.9 Å². The van der Waals surface area contributed by atoms with E-state index in [2.05, 4.69) is 5.32 Å². The molecule has 0 spiro atoms. The number of carbonyl (C=O) groups is 2. The Morgan fingerprint density at radius 3 is 2.74 bits per heavy atom. The second-order valence-electron chi connectivity index (χ2n) is 3.91. The molecule has 0 heterocycles. The number of phenolic OH excluding ortho intramolecular Hbond substituents is 1. The molecular weight excluding hydrogens is 252 g/mol. The standard InChI is InChI=1S/C12H16N2O5/c1-19-5-4-8(13)11(16)14-9-6-7(12(17)18)2-3-10(9)15/h2-3,6,8,15H,4-5,13H2,1H3,(H,14,16)(H,17,18). The fourth-order valence-corrected chi connectivity index (χ4v) is 1.37. The van der Waals surface area contributed by atoms with Gasteiger partial charge in [0.05, 0.1) is 17.3 Å². The number of hydrogen-bond donors (Lipinski definition) is 4. The maximum absolute atomic E-state index is 11.7. The lowest BCUT2D eigenvalue weighted by molar-refractivity contribution is -0.117. The maximum Gasteiger partial charge on any atom is 0.335 e. The van der Waals surface area contributed by atoms with E-state index in [0.29, 0.717) is 13.0 Å². The van der Waals surface area contributed by atoms with Crippen molar-refractivity contribution in [3.8, 4) is 5.75 Å². The molecule has 0 aliphatic carbocycles. The highest BCUT2D eigenvalue weighted by molar-refractivity contribution is 5.97. The van der Waals surface area contributed by atoms with Gasteiger partial charge >= 0.3 is 5.97 Å². The largest absolute Gasteiger partial charge is 0.506 e. The molecule has 1 aromatic rings. The molecule has 0 aromatic heterocycles. The molecule has 1 rings (SSSR count). The van der Waals surface area contributed by atoms with Crippen molar-refractivity contribution < 1.29 is 24.5 Å². The number of carboxylic acid groups (broad SMARTS) is 1. The van der Waals surface area contributed by atoms with Crippen LogP contribution in [0.5, 0.6) is 5.75 Å². The zero-order chi connectivity index (χ0) is 14.4. The maximum atomic E-state index is 11.7. The van der Waals surface area contributed by atoms with Gasteiger partial charge in [-0.25, -0.2) is 4.79 Å². The highest BCUT2D eigenvalue weighted by Crippen LogP contribution is 2.24. The summed E-state index contributed by atoms with van der Waals surface area (Å²) in [6.07, 6.45) is 0.321. The van der Waals surface area contributed by atoms with Gasteiger partial charge in [-0.3, -0.25) is 4.79 Å². The highest BCUT2D eigenvalue weighted by atomic mass is 16.5. The monoisotopic (exact) mass is 268 g/mol. The number of nitrogens with one attached hydrogen (secondary N) is 1. The molecule has 7 nitrogen and oxygen atoms in total. The molecular formula is C12H16N2O5. The summed E-state index contributed by atoms with van der Waals surface area (Å²) >= 11 is 0. The minimum absolute atomic E-state index is 0.0118. The predicted molar refractivity (Wildman–Crippen MR) is 68.2 cm³/mol. The molecule has 0 radical (unpaired) electrons. The number of aromatic hydroxyl groups is 1. The summed E-state index contributed by atoms with van der Waals surface area (Å²) in [7, 11) is 1.49. The van der Waals surface area contributed by atoms with Crippen molar-refractivity contribution >= 4 is 17.6 Å². The average Bonchev–Trinajstić information content (AvgIpc) is 2.38. The van der Waals surface area contributed by atoms with E-state index in [1.54, 1.807) is 0 Å². The van der Waals surface area contributed by atoms with E-state index in [1.165, 1.54) is 25.3 Å². The number of phenols is 1. The predicted octanol–water partition coefficient (Wildman–Crippen LogP) is 0.393. The first-order chi connectivity index (χ1) is 8.95. The van der Waals surface area contributed by atoms with Crippen LogP contribution in [0.2, 0.25) is 0 Å². The Kier molecular flexibility index (Phi) is 5.28. The molecule has 0 bridgehead atoms. The lowest BCUT2D eigenvalue weighted by Gasteiger charge is -2.13. The average molecular weight is 268 g/mol. The Balaban J connectivity index is 2.78. The number of benzene rings is 1. The Morgan fingerprint density at radius 1 is 1.47 bits per heavy atom. The zero-order valence-corrected chi connectivity index (χ0v) is 10.4. The minimum Gasteiger partial charge on any atom is -0.506 e. The molecule has 104 valence electrons. The van der Waals surface area contributed by atoms with Crippen molar-refractivity contribution in [3.05, 3.63) is 23.8 Å². The fourth-order valence-electron chi connectivity index (χ4n) is 1.37. The Morgan fingerprint density at radius 2 is 2.16 bits per heavy atom. The summed E-state index contributed by atoms with van der Waals surface area (Å²) in [4.78, 5) is 22.5. The summed E-state index contributed by atoms with van der Waals surface area (Å²) in [5.41, 5.74) is 5.58. The second kappa shape index (κ2) is 6.72. The van der Waals surface area contributed by atoms with Crippen LogP contribution in [-0.2, 0) is 9.53 Å². The number of ether oxygens (including phenoxy) is 1. The van der Waals surface area contributed by atoms with Crippen LogP contribution in [0.15, 0.2) is 18.2 Å². The van der Waals surface area contributed by atoms with Gasteiger partial charge in [-0.05, 0) is 24.6 Å². The normalized spacial score (nSPS) is 11.9. The topological polar surface area (TPSA) is 122 Å². The van der Waals surface area contributed by atoms with Crippen LogP contribution in [0.25, 0.3) is 0 Å². The number of carboxylic acids is 1. The number of anilines is 1. The van der Waals surface area contributed by atoms with Crippen molar-refractivity contribution in [2.24, 2.45) is 5.73 Å². The number of hydrogen-bond acceptors (Lipinski definition) is 5. The van der Waals surface area contributed by atoms with E-state index >= 15 is 0 Å². The Bertz CT molecular complexity index is 475. The lowest BCUT2D eigenvalue weighted by atomic mass is 10.1. The summed E-state index contributed by atoms with van der Waals surface area (Å²) in [5.74, 6) is -1.90. The molecule has 7 heteroatoms. The number of amides is 1. The van der Waals surface area contributed by atoms with Crippen molar-refractivity contribution in [2.45, 2.75) is 12.5 Å². The van der Waals surface area contributed by atoms with Crippen LogP contribution in [0.3, 0.4) is 0 Å². The van der Waals surface area contributed by atoms with Crippen LogP contribution in [-0.4, -0.2) is 41.8 Å². The van der Waals surface area contributed by atoms with Crippen LogP contribution in [0.1, 0.15) is 16.8 Å². The summed E-state index contributed by atoms with van der Waals surface area (Å²) in [6, 6.07) is 2.80. The van der Waals surface area contributed by atoms with Gasteiger partial charge in [0.25, 0.3) is 0 Å². The minimum atomic E-state index is -1.15. The zero-order valence-electron chi connectivity index (χ0n) is 10.4. The second-order valence-corrected chi connectivity index (χ2v) is 3.91. The van der Waals surface area contributed by atoms with Crippen molar-refractivity contribution in [3.63, 3.8) is 0 Å². The molecule has 1 amide bonds. The van der Waals surface area contributed by atoms with E-state index in [9.17, 15) is 14.7 Å². The summed E-state index contributed by atoms with van der Waals surface area (Å²) in [5, 5.41) is 20.8. The lowest BCUT2D eigenvalue weighted by Crippen LogP contribution is -2.36. The van der Waals surface area contributed by atoms with Gasteiger partial charge in [0, 0.05) is 13.7 Å². The van der Waals surface area contributed by atoms with Crippen LogP contribution >= 0.6 is 0 Å². The van der Waals surface area contributed by atoms with Crippen molar-refractivity contribution in [1.82, 2.24) is 0 Å². The molecule has 0 saturated heterocycles. The van der Waals surface area contributed by atoms with Gasteiger partial charge in [0.1, 0.15) is 5.75 Å². The first-order valence-corrected chi connectivity index (χ1v) is 5.57. The van der Waals surface area contributed by atoms with E-state index in [0.717, 1.165) is 0 Å². The van der Waals surface area contributed by atoms with E-state index in [-0.39, 0.29) is 17.0 Å². The van der Waals surface area contributed by atoms with Gasteiger partial charge in [0.15, 0.2) is 0 Å². The molecule has 5 N–H and O–H groups in total. The molecule has 1 atom stereocenters. The summed E-state index contributed by atoms with van der Waals surface area (Å²) < 4.78 is 4.80. The molecule has 0 fully saturated rings. The third-order valence-electron chi connectivity index (χ3n) is 2.47.